The predicted molar refractivity (Wildman–Crippen MR) is 131 cm³/mol. The lowest BCUT2D eigenvalue weighted by Gasteiger charge is -2.24. The number of carbonyl (C=O) groups is 1. The minimum Gasteiger partial charge on any atom is -0.444 e. The van der Waals surface area contributed by atoms with E-state index in [9.17, 15) is 9.59 Å². The van der Waals surface area contributed by atoms with Gasteiger partial charge in [0.1, 0.15) is 17.0 Å². The Morgan fingerprint density at radius 2 is 1.97 bits per heavy atom. The average molecular weight is 463 g/mol. The molecule has 0 saturated heterocycles. The highest BCUT2D eigenvalue weighted by atomic mass is 16.6. The Labute approximate surface area is 198 Å². The first-order valence-corrected chi connectivity index (χ1v) is 11.5. The maximum absolute atomic E-state index is 12.7. The van der Waals surface area contributed by atoms with Gasteiger partial charge in [0.05, 0.1) is 5.52 Å². The van der Waals surface area contributed by atoms with Crippen LogP contribution in [0.15, 0.2) is 41.3 Å². The summed E-state index contributed by atoms with van der Waals surface area (Å²) in [5.41, 5.74) is 1.63. The normalized spacial score (nSPS) is 18.3. The van der Waals surface area contributed by atoms with Crippen molar-refractivity contribution in [3.63, 3.8) is 0 Å². The lowest BCUT2D eigenvalue weighted by molar-refractivity contribution is 0.0523. The fourth-order valence-electron chi connectivity index (χ4n) is 4.30. The molecule has 2 atom stereocenters. The van der Waals surface area contributed by atoms with Crippen molar-refractivity contribution in [1.82, 2.24) is 20.1 Å². The summed E-state index contributed by atoms with van der Waals surface area (Å²) in [6.45, 7) is 13.4. The van der Waals surface area contributed by atoms with E-state index in [2.05, 4.69) is 20.5 Å². The van der Waals surface area contributed by atoms with Gasteiger partial charge < -0.3 is 25.2 Å². The number of anilines is 2. The SMILES string of the molecule is [C-]#[N+][C@H]1CCCC[C@@H]1n1nc(Nc2ccc(CNC(=O)OC(C)(C)C)cc2)c2c(=O)[nH]ccc21. The second-order valence-electron chi connectivity index (χ2n) is 9.59. The number of ether oxygens (including phenoxy) is 1. The summed E-state index contributed by atoms with van der Waals surface area (Å²) < 4.78 is 7.11. The molecule has 1 amide bonds. The summed E-state index contributed by atoms with van der Waals surface area (Å²) in [6.07, 6.45) is 4.96. The summed E-state index contributed by atoms with van der Waals surface area (Å²) in [5, 5.41) is 11.2. The highest BCUT2D eigenvalue weighted by Crippen LogP contribution is 2.34. The molecule has 4 rings (SSSR count). The Morgan fingerprint density at radius 3 is 2.68 bits per heavy atom. The molecule has 1 aliphatic carbocycles. The van der Waals surface area contributed by atoms with Crippen LogP contribution in [0.25, 0.3) is 15.7 Å². The maximum atomic E-state index is 12.7. The predicted octanol–water partition coefficient (Wildman–Crippen LogP) is 4.90. The van der Waals surface area contributed by atoms with E-state index in [-0.39, 0.29) is 17.6 Å². The third-order valence-corrected chi connectivity index (χ3v) is 5.86. The average Bonchev–Trinajstić information content (AvgIpc) is 3.17. The molecule has 0 bridgehead atoms. The molecule has 9 heteroatoms. The zero-order valence-corrected chi connectivity index (χ0v) is 19.7. The molecule has 2 aromatic heterocycles. The van der Waals surface area contributed by atoms with Gasteiger partial charge in [0.25, 0.3) is 5.56 Å². The highest BCUT2D eigenvalue weighted by Gasteiger charge is 2.33. The minimum absolute atomic E-state index is 0.0487. The molecule has 1 aliphatic rings. The molecule has 0 aliphatic heterocycles. The smallest absolute Gasteiger partial charge is 0.407 e. The van der Waals surface area contributed by atoms with Crippen LogP contribution in [0.4, 0.5) is 16.3 Å². The van der Waals surface area contributed by atoms with E-state index in [1.54, 1.807) is 6.20 Å². The van der Waals surface area contributed by atoms with Crippen molar-refractivity contribution in [2.24, 2.45) is 0 Å². The molecular weight excluding hydrogens is 432 g/mol. The number of alkyl carbamates (subject to hydrolysis) is 1. The van der Waals surface area contributed by atoms with Crippen molar-refractivity contribution in [1.29, 1.82) is 0 Å². The Hall–Kier alpha value is -3.80. The molecule has 0 unspecified atom stereocenters. The minimum atomic E-state index is -0.547. The molecule has 0 spiro atoms. The van der Waals surface area contributed by atoms with E-state index in [0.717, 1.165) is 42.5 Å². The van der Waals surface area contributed by atoms with Crippen molar-refractivity contribution >= 4 is 28.5 Å². The van der Waals surface area contributed by atoms with Gasteiger partial charge in [-0.3, -0.25) is 9.48 Å². The number of aromatic amines is 1. The molecule has 1 aromatic carbocycles. The molecule has 2 heterocycles. The quantitative estimate of drug-likeness (QED) is 0.468. The van der Waals surface area contributed by atoms with Crippen LogP contribution in [0, 0.1) is 6.57 Å². The van der Waals surface area contributed by atoms with Crippen LogP contribution in [0.2, 0.25) is 0 Å². The van der Waals surface area contributed by atoms with Crippen LogP contribution in [-0.4, -0.2) is 32.5 Å². The number of amides is 1. The van der Waals surface area contributed by atoms with Crippen molar-refractivity contribution in [3.05, 3.63) is 63.9 Å². The van der Waals surface area contributed by atoms with Gasteiger partial charge in [-0.05, 0) is 57.4 Å². The van der Waals surface area contributed by atoms with Crippen LogP contribution < -0.4 is 16.2 Å². The fraction of sp³-hybridized carbons (Fsp3) is 0.440. The molecule has 0 radical (unpaired) electrons. The zero-order valence-electron chi connectivity index (χ0n) is 19.7. The number of carbonyl (C=O) groups excluding carboxylic acids is 1. The molecule has 3 N–H and O–H groups in total. The number of rotatable bonds is 5. The number of hydrogen-bond acceptors (Lipinski definition) is 5. The fourth-order valence-corrected chi connectivity index (χ4v) is 4.30. The first-order valence-electron chi connectivity index (χ1n) is 11.5. The number of benzene rings is 1. The van der Waals surface area contributed by atoms with Gasteiger partial charge >= 0.3 is 6.09 Å². The van der Waals surface area contributed by atoms with E-state index in [4.69, 9.17) is 16.4 Å². The summed E-state index contributed by atoms with van der Waals surface area (Å²) in [6, 6.07) is 9.18. The van der Waals surface area contributed by atoms with Gasteiger partial charge in [-0.2, -0.15) is 5.10 Å². The summed E-state index contributed by atoms with van der Waals surface area (Å²) >= 11 is 0. The van der Waals surface area contributed by atoms with Gasteiger partial charge in [-0.15, -0.1) is 0 Å². The summed E-state index contributed by atoms with van der Waals surface area (Å²) in [4.78, 5) is 31.1. The monoisotopic (exact) mass is 462 g/mol. The molecule has 1 fully saturated rings. The highest BCUT2D eigenvalue weighted by molar-refractivity contribution is 5.91. The van der Waals surface area contributed by atoms with Crippen LogP contribution in [0.5, 0.6) is 0 Å². The number of H-pyrrole nitrogens is 1. The lowest BCUT2D eigenvalue weighted by Crippen LogP contribution is -2.32. The first kappa shape index (κ1) is 23.4. The van der Waals surface area contributed by atoms with Crippen molar-refractivity contribution in [2.75, 3.05) is 5.32 Å². The Bertz CT molecular complexity index is 1260. The number of nitrogens with one attached hydrogen (secondary N) is 3. The summed E-state index contributed by atoms with van der Waals surface area (Å²) in [5.74, 6) is 0.464. The standard InChI is InChI=1S/C25H30N6O3/c1-25(2,3)34-24(33)28-15-16-9-11-17(12-10-16)29-22-21-20(13-14-27-23(21)32)31(30-22)19-8-6-5-7-18(19)26-4/h9-14,18-19H,5-8,15H2,1-3H3,(H,27,32)(H,28,33)(H,29,30)/t18-,19-/m0/s1. The van der Waals surface area contributed by atoms with Gasteiger partial charge in [-0.1, -0.05) is 18.6 Å². The zero-order chi connectivity index (χ0) is 24.3. The van der Waals surface area contributed by atoms with Crippen LogP contribution in [0.3, 0.4) is 0 Å². The molecule has 178 valence electrons. The number of hydrogen-bond donors (Lipinski definition) is 3. The third kappa shape index (κ3) is 5.22. The van der Waals surface area contributed by atoms with E-state index < -0.39 is 11.7 Å². The van der Waals surface area contributed by atoms with Gasteiger partial charge in [0, 0.05) is 24.8 Å². The van der Waals surface area contributed by atoms with E-state index >= 15 is 0 Å². The number of aromatic nitrogens is 3. The van der Waals surface area contributed by atoms with Crippen molar-refractivity contribution in [2.45, 2.75) is 70.7 Å². The summed E-state index contributed by atoms with van der Waals surface area (Å²) in [7, 11) is 0. The Morgan fingerprint density at radius 1 is 1.24 bits per heavy atom. The van der Waals surface area contributed by atoms with Crippen LogP contribution in [0.1, 0.15) is 58.1 Å². The van der Waals surface area contributed by atoms with Crippen molar-refractivity contribution < 1.29 is 9.53 Å². The second-order valence-corrected chi connectivity index (χ2v) is 9.59. The first-order chi connectivity index (χ1) is 16.2. The second kappa shape index (κ2) is 9.59. The molecular formula is C25H30N6O3. The van der Waals surface area contributed by atoms with Crippen LogP contribution >= 0.6 is 0 Å². The molecule has 9 nitrogen and oxygen atoms in total. The van der Waals surface area contributed by atoms with E-state index in [1.165, 1.54) is 0 Å². The number of pyridine rings is 1. The largest absolute Gasteiger partial charge is 0.444 e. The van der Waals surface area contributed by atoms with Gasteiger partial charge in [0.2, 0.25) is 6.04 Å². The van der Waals surface area contributed by atoms with E-state index in [1.807, 2.05) is 55.8 Å². The molecule has 3 aromatic rings. The van der Waals surface area contributed by atoms with Crippen LogP contribution in [-0.2, 0) is 11.3 Å². The molecule has 1 saturated carbocycles. The van der Waals surface area contributed by atoms with Gasteiger partial charge in [0.15, 0.2) is 5.82 Å². The van der Waals surface area contributed by atoms with E-state index in [0.29, 0.717) is 17.7 Å². The lowest BCUT2D eigenvalue weighted by atomic mass is 9.91. The Balaban J connectivity index is 1.54. The number of fused-ring (bicyclic) bond motifs is 1. The molecule has 34 heavy (non-hydrogen) atoms. The van der Waals surface area contributed by atoms with Gasteiger partial charge in [-0.25, -0.2) is 11.4 Å². The number of nitrogens with zero attached hydrogens (tertiary/aromatic N) is 3. The van der Waals surface area contributed by atoms with Crippen molar-refractivity contribution in [3.8, 4) is 0 Å². The Kier molecular flexibility index (Phi) is 6.59. The maximum Gasteiger partial charge on any atom is 0.407 e. The third-order valence-electron chi connectivity index (χ3n) is 5.86. The topological polar surface area (TPSA) is 105 Å².